The van der Waals surface area contributed by atoms with E-state index in [0.717, 1.165) is 11.1 Å². The van der Waals surface area contributed by atoms with Crippen molar-refractivity contribution < 1.29 is 19.8 Å². The van der Waals surface area contributed by atoms with E-state index in [1.165, 1.54) is 0 Å². The van der Waals surface area contributed by atoms with Crippen LogP contribution in [-0.2, 0) is 10.8 Å². The molecule has 0 spiro atoms. The van der Waals surface area contributed by atoms with Gasteiger partial charge in [-0.1, -0.05) is 41.5 Å². The molecule has 0 aliphatic rings. The maximum Gasteiger partial charge on any atom is 0.0721 e. The molecule has 0 saturated carbocycles. The zero-order valence-corrected chi connectivity index (χ0v) is 14.9. The van der Waals surface area contributed by atoms with Gasteiger partial charge >= 0.3 is 0 Å². The highest BCUT2D eigenvalue weighted by Gasteiger charge is 2.21. The Morgan fingerprint density at radius 1 is 0.667 bits per heavy atom. The van der Waals surface area contributed by atoms with Crippen LogP contribution >= 0.6 is 0 Å². The number of fused-ring (bicyclic) bond motifs is 1. The van der Waals surface area contributed by atoms with Gasteiger partial charge in [0.2, 0.25) is 0 Å². The molecule has 0 heterocycles. The first-order valence-electron chi connectivity index (χ1n) is 7.88. The standard InChI is InChI=1S/C20H24O4/c1-19(2,3)11-7-13-14(15(9-11)17(21)22)8-12(20(4,5)6)10-16(13)18(23)24/h7-10H,1-6H3,(H,21,22)(H,23,24)/p-2. The lowest BCUT2D eigenvalue weighted by molar-refractivity contribution is -0.256. The number of carbonyl (C=O) groups is 2. The number of carboxylic acid groups (broad SMARTS) is 2. The van der Waals surface area contributed by atoms with Crippen LogP contribution in [0.1, 0.15) is 73.4 Å². The van der Waals surface area contributed by atoms with Crippen molar-refractivity contribution in [1.82, 2.24) is 0 Å². The van der Waals surface area contributed by atoms with Crippen LogP contribution in [0.2, 0.25) is 0 Å². The molecule has 0 saturated heterocycles. The predicted molar refractivity (Wildman–Crippen MR) is 90.0 cm³/mol. The van der Waals surface area contributed by atoms with Gasteiger partial charge in [-0.05, 0) is 57.0 Å². The monoisotopic (exact) mass is 326 g/mol. The average molecular weight is 326 g/mol. The number of aromatic carboxylic acids is 2. The van der Waals surface area contributed by atoms with Gasteiger partial charge in [0.25, 0.3) is 0 Å². The lowest BCUT2D eigenvalue weighted by Crippen LogP contribution is -2.26. The van der Waals surface area contributed by atoms with Crippen molar-refractivity contribution in [2.24, 2.45) is 0 Å². The Kier molecular flexibility index (Phi) is 4.21. The maximum absolute atomic E-state index is 11.7. The summed E-state index contributed by atoms with van der Waals surface area (Å²) in [5, 5.41) is 24.1. The molecule has 4 nitrogen and oxygen atoms in total. The van der Waals surface area contributed by atoms with Crippen LogP contribution in [0.5, 0.6) is 0 Å². The molecule has 4 heteroatoms. The molecular formula is C20H22O4-2. The summed E-state index contributed by atoms with van der Waals surface area (Å²) in [5.41, 5.74) is 0.826. The molecule has 0 bridgehead atoms. The fraction of sp³-hybridized carbons (Fsp3) is 0.400. The number of carbonyl (C=O) groups excluding carboxylic acids is 2. The van der Waals surface area contributed by atoms with Crippen LogP contribution in [0.15, 0.2) is 24.3 Å². The fourth-order valence-corrected chi connectivity index (χ4v) is 2.67. The Morgan fingerprint density at radius 3 is 1.17 bits per heavy atom. The van der Waals surface area contributed by atoms with Gasteiger partial charge in [0.05, 0.1) is 11.9 Å². The number of rotatable bonds is 2. The van der Waals surface area contributed by atoms with Crippen molar-refractivity contribution in [3.8, 4) is 0 Å². The van der Waals surface area contributed by atoms with Crippen molar-refractivity contribution in [3.63, 3.8) is 0 Å². The minimum atomic E-state index is -1.32. The molecule has 0 fully saturated rings. The first-order chi connectivity index (χ1) is 10.8. The Balaban J connectivity index is 3.03. The summed E-state index contributed by atoms with van der Waals surface area (Å²) in [6.07, 6.45) is 0. The van der Waals surface area contributed by atoms with Gasteiger partial charge in [0.1, 0.15) is 0 Å². The molecule has 128 valence electrons. The number of hydrogen-bond donors (Lipinski definition) is 0. The molecular weight excluding hydrogens is 304 g/mol. The molecule has 2 aromatic rings. The quantitative estimate of drug-likeness (QED) is 0.847. The zero-order valence-electron chi connectivity index (χ0n) is 14.9. The van der Waals surface area contributed by atoms with Gasteiger partial charge < -0.3 is 19.8 Å². The third-order valence-electron chi connectivity index (χ3n) is 4.24. The van der Waals surface area contributed by atoms with Crippen molar-refractivity contribution in [2.75, 3.05) is 0 Å². The fourth-order valence-electron chi connectivity index (χ4n) is 2.67. The number of hydrogen-bond acceptors (Lipinski definition) is 4. The Morgan fingerprint density at radius 2 is 0.958 bits per heavy atom. The highest BCUT2D eigenvalue weighted by atomic mass is 16.4. The van der Waals surface area contributed by atoms with Crippen LogP contribution in [0.25, 0.3) is 10.8 Å². The van der Waals surface area contributed by atoms with Gasteiger partial charge in [-0.3, -0.25) is 0 Å². The largest absolute Gasteiger partial charge is 0.545 e. The minimum absolute atomic E-state index is 0.00558. The molecule has 0 atom stereocenters. The Bertz CT molecular complexity index is 762. The molecule has 0 unspecified atom stereocenters. The van der Waals surface area contributed by atoms with Crippen molar-refractivity contribution >= 4 is 22.7 Å². The topological polar surface area (TPSA) is 80.3 Å². The van der Waals surface area contributed by atoms with Gasteiger partial charge in [-0.25, -0.2) is 0 Å². The first-order valence-corrected chi connectivity index (χ1v) is 7.88. The molecule has 0 aliphatic carbocycles. The summed E-state index contributed by atoms with van der Waals surface area (Å²) in [4.78, 5) is 23.3. The van der Waals surface area contributed by atoms with E-state index >= 15 is 0 Å². The summed E-state index contributed by atoms with van der Waals surface area (Å²) in [5.74, 6) is -2.64. The van der Waals surface area contributed by atoms with Gasteiger partial charge in [0, 0.05) is 11.1 Å². The van der Waals surface area contributed by atoms with E-state index in [1.54, 1.807) is 24.3 Å². The minimum Gasteiger partial charge on any atom is -0.545 e. The van der Waals surface area contributed by atoms with Crippen LogP contribution in [-0.4, -0.2) is 11.9 Å². The molecule has 0 amide bonds. The van der Waals surface area contributed by atoms with Crippen molar-refractivity contribution in [3.05, 3.63) is 46.5 Å². The second-order valence-electron chi connectivity index (χ2n) is 8.22. The van der Waals surface area contributed by atoms with Crippen molar-refractivity contribution in [1.29, 1.82) is 0 Å². The molecule has 24 heavy (non-hydrogen) atoms. The van der Waals surface area contributed by atoms with Gasteiger partial charge in [-0.15, -0.1) is 0 Å². The van der Waals surface area contributed by atoms with E-state index in [-0.39, 0.29) is 22.0 Å². The summed E-state index contributed by atoms with van der Waals surface area (Å²) in [6.45, 7) is 11.6. The predicted octanol–water partition coefficient (Wildman–Crippen LogP) is 2.16. The zero-order chi connectivity index (χ0) is 18.4. The van der Waals surface area contributed by atoms with Crippen LogP contribution in [0.3, 0.4) is 0 Å². The maximum atomic E-state index is 11.7. The smallest absolute Gasteiger partial charge is 0.0721 e. The Hall–Kier alpha value is -2.36. The number of benzene rings is 2. The van der Waals surface area contributed by atoms with E-state index in [4.69, 9.17) is 0 Å². The van der Waals surface area contributed by atoms with Crippen LogP contribution < -0.4 is 10.2 Å². The summed E-state index contributed by atoms with van der Waals surface area (Å²) in [7, 11) is 0. The first kappa shape index (κ1) is 18.0. The molecule has 2 rings (SSSR count). The molecule has 0 radical (unpaired) electrons. The highest BCUT2D eigenvalue weighted by molar-refractivity contribution is 6.10. The SMILES string of the molecule is CC(C)(C)c1cc(C(=O)[O-])c2cc(C(C)(C)C)cc(C(=O)[O-])c2c1. The lowest BCUT2D eigenvalue weighted by atomic mass is 9.80. The third kappa shape index (κ3) is 3.28. The molecule has 0 N–H and O–H groups in total. The van der Waals surface area contributed by atoms with Crippen LogP contribution in [0.4, 0.5) is 0 Å². The van der Waals surface area contributed by atoms with E-state index in [9.17, 15) is 19.8 Å². The summed E-state index contributed by atoms with van der Waals surface area (Å²) in [6, 6.07) is 6.62. The molecule has 0 aliphatic heterocycles. The molecule has 0 aromatic heterocycles. The summed E-state index contributed by atoms with van der Waals surface area (Å²) < 4.78 is 0. The van der Waals surface area contributed by atoms with E-state index in [1.807, 2.05) is 41.5 Å². The molecule has 2 aromatic carbocycles. The second-order valence-corrected chi connectivity index (χ2v) is 8.22. The Labute approximate surface area is 142 Å². The van der Waals surface area contributed by atoms with Crippen molar-refractivity contribution in [2.45, 2.75) is 52.4 Å². The lowest BCUT2D eigenvalue weighted by Gasteiger charge is -2.26. The normalized spacial score (nSPS) is 12.4. The third-order valence-corrected chi connectivity index (χ3v) is 4.24. The average Bonchev–Trinajstić information content (AvgIpc) is 2.42. The highest BCUT2D eigenvalue weighted by Crippen LogP contribution is 2.34. The number of carboxylic acids is 2. The van der Waals surface area contributed by atoms with E-state index in [2.05, 4.69) is 0 Å². The summed E-state index contributed by atoms with van der Waals surface area (Å²) >= 11 is 0. The van der Waals surface area contributed by atoms with E-state index < -0.39 is 11.9 Å². The van der Waals surface area contributed by atoms with Crippen LogP contribution in [0, 0.1) is 0 Å². The second kappa shape index (κ2) is 5.62. The van der Waals surface area contributed by atoms with Gasteiger partial charge in [0.15, 0.2) is 0 Å². The van der Waals surface area contributed by atoms with E-state index in [0.29, 0.717) is 10.8 Å². The van der Waals surface area contributed by atoms with Gasteiger partial charge in [-0.2, -0.15) is 0 Å².